The van der Waals surface area contributed by atoms with Crippen molar-refractivity contribution in [1.29, 1.82) is 0 Å². The fourth-order valence-electron chi connectivity index (χ4n) is 4.21. The van der Waals surface area contributed by atoms with Crippen molar-refractivity contribution in [2.75, 3.05) is 46.5 Å². The Balaban J connectivity index is 1.62. The molecule has 3 rings (SSSR count). The number of aliphatic hydroxyl groups is 1. The monoisotopic (exact) mass is 268 g/mol. The molecule has 3 fully saturated rings. The minimum atomic E-state index is 0.000402. The molecule has 1 N–H and O–H groups in total. The molecule has 0 aromatic heterocycles. The van der Waals surface area contributed by atoms with Gasteiger partial charge < -0.3 is 14.7 Å². The van der Waals surface area contributed by atoms with Crippen molar-refractivity contribution in [1.82, 2.24) is 9.80 Å². The summed E-state index contributed by atoms with van der Waals surface area (Å²) in [6.07, 6.45) is 6.23. The highest BCUT2D eigenvalue weighted by Crippen LogP contribution is 2.33. The molecule has 0 amide bonds. The Hall–Kier alpha value is -0.160. The van der Waals surface area contributed by atoms with E-state index in [1.165, 1.54) is 32.4 Å². The number of ether oxygens (including phenoxy) is 1. The van der Waals surface area contributed by atoms with E-state index in [-0.39, 0.29) is 12.0 Å². The first-order chi connectivity index (χ1) is 9.22. The molecule has 4 heteroatoms. The molecule has 19 heavy (non-hydrogen) atoms. The van der Waals surface area contributed by atoms with Gasteiger partial charge in [0.2, 0.25) is 0 Å². The third-order valence-corrected chi connectivity index (χ3v) is 5.53. The van der Waals surface area contributed by atoms with Gasteiger partial charge in [0.1, 0.15) is 0 Å². The van der Waals surface area contributed by atoms with Crippen LogP contribution in [0.5, 0.6) is 0 Å². The molecule has 3 aliphatic rings. The van der Waals surface area contributed by atoms with E-state index >= 15 is 0 Å². The van der Waals surface area contributed by atoms with Gasteiger partial charge in [0, 0.05) is 37.2 Å². The molecule has 3 heterocycles. The van der Waals surface area contributed by atoms with Crippen LogP contribution in [0.4, 0.5) is 0 Å². The zero-order valence-corrected chi connectivity index (χ0v) is 12.2. The van der Waals surface area contributed by atoms with E-state index in [2.05, 4.69) is 16.8 Å². The Bertz CT molecular complexity index is 305. The highest BCUT2D eigenvalue weighted by atomic mass is 16.5. The molecule has 3 saturated heterocycles. The second-order valence-corrected chi connectivity index (χ2v) is 6.89. The normalized spacial score (nSPS) is 41.4. The van der Waals surface area contributed by atoms with E-state index in [0.29, 0.717) is 0 Å². The smallest absolute Gasteiger partial charge is 0.0556 e. The average molecular weight is 268 g/mol. The van der Waals surface area contributed by atoms with Crippen molar-refractivity contribution in [2.24, 2.45) is 5.41 Å². The molecule has 110 valence electrons. The second-order valence-electron chi connectivity index (χ2n) is 6.89. The molecular weight excluding hydrogens is 240 g/mol. The van der Waals surface area contributed by atoms with Gasteiger partial charge in [-0.2, -0.15) is 0 Å². The molecule has 3 atom stereocenters. The molecule has 0 aromatic carbocycles. The number of likely N-dealkylation sites (N-methyl/N-ethyl adjacent to an activating group) is 1. The molecular formula is C15H28N2O2. The minimum Gasteiger partial charge on any atom is -0.396 e. The van der Waals surface area contributed by atoms with Gasteiger partial charge in [-0.15, -0.1) is 0 Å². The van der Waals surface area contributed by atoms with Gasteiger partial charge in [0.25, 0.3) is 0 Å². The summed E-state index contributed by atoms with van der Waals surface area (Å²) in [4.78, 5) is 5.17. The third-order valence-electron chi connectivity index (χ3n) is 5.53. The van der Waals surface area contributed by atoms with Gasteiger partial charge in [-0.05, 0) is 45.7 Å². The molecule has 3 unspecified atom stereocenters. The first-order valence-corrected chi connectivity index (χ1v) is 7.85. The zero-order chi connectivity index (χ0) is 13.3. The number of nitrogens with zero attached hydrogens (tertiary/aromatic N) is 2. The largest absolute Gasteiger partial charge is 0.396 e. The number of rotatable bonds is 3. The Morgan fingerprint density at radius 2 is 2.11 bits per heavy atom. The van der Waals surface area contributed by atoms with Crippen molar-refractivity contribution < 1.29 is 9.84 Å². The summed E-state index contributed by atoms with van der Waals surface area (Å²) in [5.74, 6) is 0. The van der Waals surface area contributed by atoms with E-state index in [1.807, 2.05) is 0 Å². The van der Waals surface area contributed by atoms with E-state index in [1.54, 1.807) is 0 Å². The quantitative estimate of drug-likeness (QED) is 0.826. The molecule has 0 radical (unpaired) electrons. The maximum atomic E-state index is 9.81. The number of hydrogen-bond donors (Lipinski definition) is 1. The molecule has 3 aliphatic heterocycles. The Kier molecular flexibility index (Phi) is 4.13. The predicted octanol–water partition coefficient (Wildman–Crippen LogP) is 0.944. The van der Waals surface area contributed by atoms with Crippen LogP contribution in [0.3, 0.4) is 0 Å². The lowest BCUT2D eigenvalue weighted by molar-refractivity contribution is -0.0560. The summed E-state index contributed by atoms with van der Waals surface area (Å²) >= 11 is 0. The number of aliphatic hydroxyl groups excluding tert-OH is 1. The van der Waals surface area contributed by atoms with Crippen molar-refractivity contribution >= 4 is 0 Å². The standard InChI is InChI=1S/C15H28N2O2/c1-16-13-3-4-14(16)9-17(7-5-13)10-15(11-18)6-2-8-19-12-15/h13-14,18H,2-12H2,1H3. The van der Waals surface area contributed by atoms with Crippen molar-refractivity contribution in [2.45, 2.75) is 44.2 Å². The van der Waals surface area contributed by atoms with E-state index in [0.717, 1.165) is 44.7 Å². The Morgan fingerprint density at radius 1 is 1.26 bits per heavy atom. The fourth-order valence-corrected chi connectivity index (χ4v) is 4.21. The van der Waals surface area contributed by atoms with Crippen LogP contribution in [0, 0.1) is 5.41 Å². The summed E-state index contributed by atoms with van der Waals surface area (Å²) < 4.78 is 5.64. The van der Waals surface area contributed by atoms with Crippen LogP contribution < -0.4 is 0 Å². The summed E-state index contributed by atoms with van der Waals surface area (Å²) in [6.45, 7) is 5.26. The van der Waals surface area contributed by atoms with Gasteiger partial charge in [0.15, 0.2) is 0 Å². The third kappa shape index (κ3) is 2.82. The van der Waals surface area contributed by atoms with Crippen LogP contribution in [0.2, 0.25) is 0 Å². The molecule has 0 aromatic rings. The molecule has 0 saturated carbocycles. The van der Waals surface area contributed by atoms with Gasteiger partial charge in [-0.3, -0.25) is 4.90 Å². The van der Waals surface area contributed by atoms with Crippen LogP contribution in [-0.2, 0) is 4.74 Å². The van der Waals surface area contributed by atoms with Crippen molar-refractivity contribution in [3.05, 3.63) is 0 Å². The molecule has 4 nitrogen and oxygen atoms in total. The predicted molar refractivity (Wildman–Crippen MR) is 75.2 cm³/mol. The summed E-state index contributed by atoms with van der Waals surface area (Å²) in [6, 6.07) is 1.52. The van der Waals surface area contributed by atoms with Crippen LogP contribution in [0.1, 0.15) is 32.1 Å². The van der Waals surface area contributed by atoms with Gasteiger partial charge in [-0.25, -0.2) is 0 Å². The lowest BCUT2D eigenvalue weighted by Gasteiger charge is -2.40. The lowest BCUT2D eigenvalue weighted by Crippen LogP contribution is -2.47. The van der Waals surface area contributed by atoms with Gasteiger partial charge >= 0.3 is 0 Å². The Morgan fingerprint density at radius 3 is 2.84 bits per heavy atom. The second kappa shape index (κ2) is 5.68. The van der Waals surface area contributed by atoms with Crippen LogP contribution in [0.15, 0.2) is 0 Å². The fraction of sp³-hybridized carbons (Fsp3) is 1.00. The summed E-state index contributed by atoms with van der Waals surface area (Å²) in [7, 11) is 2.29. The number of fused-ring (bicyclic) bond motifs is 2. The van der Waals surface area contributed by atoms with Crippen LogP contribution in [-0.4, -0.2) is 73.5 Å². The topological polar surface area (TPSA) is 35.9 Å². The average Bonchev–Trinajstić information content (AvgIpc) is 2.68. The molecule has 0 spiro atoms. The lowest BCUT2D eigenvalue weighted by atomic mass is 9.82. The Labute approximate surface area is 116 Å². The maximum Gasteiger partial charge on any atom is 0.0556 e. The molecule has 2 bridgehead atoms. The zero-order valence-electron chi connectivity index (χ0n) is 12.2. The van der Waals surface area contributed by atoms with Gasteiger partial charge in [-0.1, -0.05) is 0 Å². The highest BCUT2D eigenvalue weighted by Gasteiger charge is 2.39. The first-order valence-electron chi connectivity index (χ1n) is 7.85. The van der Waals surface area contributed by atoms with E-state index in [4.69, 9.17) is 4.74 Å². The van der Waals surface area contributed by atoms with Crippen molar-refractivity contribution in [3.8, 4) is 0 Å². The number of likely N-dealkylation sites (tertiary alicyclic amines) is 1. The van der Waals surface area contributed by atoms with Crippen molar-refractivity contribution in [3.63, 3.8) is 0 Å². The molecule has 0 aliphatic carbocycles. The minimum absolute atomic E-state index is 0.000402. The van der Waals surface area contributed by atoms with Crippen LogP contribution >= 0.6 is 0 Å². The first kappa shape index (κ1) is 13.8. The SMILES string of the molecule is CN1C2CCC1CN(CC1(CO)CCCOC1)CC2. The van der Waals surface area contributed by atoms with E-state index < -0.39 is 0 Å². The number of hydrogen-bond acceptors (Lipinski definition) is 4. The summed E-state index contributed by atoms with van der Waals surface area (Å²) in [5, 5.41) is 9.81. The summed E-state index contributed by atoms with van der Waals surface area (Å²) in [5.41, 5.74) is 0.000402. The van der Waals surface area contributed by atoms with Crippen LogP contribution in [0.25, 0.3) is 0 Å². The van der Waals surface area contributed by atoms with E-state index in [9.17, 15) is 5.11 Å². The van der Waals surface area contributed by atoms with Gasteiger partial charge in [0.05, 0.1) is 13.2 Å². The highest BCUT2D eigenvalue weighted by molar-refractivity contribution is 4.93. The maximum absolute atomic E-state index is 9.81.